The number of alkyl halides is 1. The van der Waals surface area contributed by atoms with Crippen molar-refractivity contribution in [1.82, 2.24) is 10.2 Å². The van der Waals surface area contributed by atoms with Gasteiger partial charge in [0.25, 0.3) is 0 Å². The Bertz CT molecular complexity index is 518. The fraction of sp³-hybridized carbons (Fsp3) is 0.273. The van der Waals surface area contributed by atoms with E-state index in [9.17, 15) is 4.39 Å². The van der Waals surface area contributed by atoms with Crippen LogP contribution in [0.5, 0.6) is 0 Å². The van der Waals surface area contributed by atoms with E-state index in [1.165, 1.54) is 17.4 Å². The molecule has 2 aromatic rings. The Morgan fingerprint density at radius 1 is 1.35 bits per heavy atom. The molecule has 2 nitrogen and oxygen atoms in total. The molecule has 0 fully saturated rings. The largest absolute Gasteiger partial charge is 0.206 e. The Morgan fingerprint density at radius 3 is 2.94 bits per heavy atom. The monoisotopic (exact) mass is 334 g/mol. The Morgan fingerprint density at radius 2 is 2.18 bits per heavy atom. The minimum Gasteiger partial charge on any atom is -0.206 e. The second-order valence-electron chi connectivity index (χ2n) is 3.39. The number of halogens is 3. The van der Waals surface area contributed by atoms with Crippen molar-refractivity contribution in [2.24, 2.45) is 0 Å². The van der Waals surface area contributed by atoms with Crippen LogP contribution in [-0.2, 0) is 6.42 Å². The smallest absolute Gasteiger partial charge is 0.149 e. The summed E-state index contributed by atoms with van der Waals surface area (Å²) < 4.78 is 13.8. The van der Waals surface area contributed by atoms with Crippen LogP contribution < -0.4 is 0 Å². The van der Waals surface area contributed by atoms with Gasteiger partial charge in [0.05, 0.1) is 4.47 Å². The van der Waals surface area contributed by atoms with Gasteiger partial charge in [-0.15, -0.1) is 21.8 Å². The minimum absolute atomic E-state index is 0.292. The van der Waals surface area contributed by atoms with Gasteiger partial charge >= 0.3 is 0 Å². The number of benzene rings is 1. The number of rotatable bonds is 4. The van der Waals surface area contributed by atoms with E-state index < -0.39 is 0 Å². The summed E-state index contributed by atoms with van der Waals surface area (Å²) in [6.45, 7) is 0. The van der Waals surface area contributed by atoms with E-state index in [1.807, 2.05) is 6.07 Å². The van der Waals surface area contributed by atoms with Crippen molar-refractivity contribution in [3.63, 3.8) is 0 Å². The molecular formula is C11H9BrClFN2S. The lowest BCUT2D eigenvalue weighted by atomic mass is 10.2. The molecule has 0 unspecified atom stereocenters. The molecule has 1 heterocycles. The molecule has 0 aliphatic rings. The van der Waals surface area contributed by atoms with E-state index in [1.54, 1.807) is 6.07 Å². The van der Waals surface area contributed by atoms with E-state index in [0.29, 0.717) is 10.4 Å². The second-order valence-corrected chi connectivity index (χ2v) is 5.63. The van der Waals surface area contributed by atoms with Gasteiger partial charge in [0.15, 0.2) is 0 Å². The zero-order valence-corrected chi connectivity index (χ0v) is 11.9. The van der Waals surface area contributed by atoms with Crippen LogP contribution >= 0.6 is 38.9 Å². The minimum atomic E-state index is -0.292. The summed E-state index contributed by atoms with van der Waals surface area (Å²) in [6.07, 6.45) is 1.69. The lowest BCUT2D eigenvalue weighted by molar-refractivity contribution is 0.621. The summed E-state index contributed by atoms with van der Waals surface area (Å²) in [5.41, 5.74) is 0.736. The van der Waals surface area contributed by atoms with Crippen LogP contribution in [0.25, 0.3) is 10.6 Å². The molecule has 0 atom stereocenters. The highest BCUT2D eigenvalue weighted by Crippen LogP contribution is 2.32. The van der Waals surface area contributed by atoms with Crippen LogP contribution in [0.3, 0.4) is 0 Å². The predicted octanol–water partition coefficient (Wildman–Crippen LogP) is 4.28. The van der Waals surface area contributed by atoms with Gasteiger partial charge in [0, 0.05) is 17.9 Å². The number of aryl methyl sites for hydroxylation is 1. The summed E-state index contributed by atoms with van der Waals surface area (Å²) in [5.74, 6) is 0.318. The van der Waals surface area contributed by atoms with Crippen molar-refractivity contribution in [2.75, 3.05) is 5.88 Å². The normalized spacial score (nSPS) is 10.8. The molecule has 0 aliphatic heterocycles. The number of aromatic nitrogens is 2. The Hall–Kier alpha value is -0.520. The highest BCUT2D eigenvalue weighted by Gasteiger charge is 2.12. The molecule has 6 heteroatoms. The van der Waals surface area contributed by atoms with Gasteiger partial charge < -0.3 is 0 Å². The van der Waals surface area contributed by atoms with Crippen LogP contribution in [0.4, 0.5) is 4.39 Å². The molecule has 2 rings (SSSR count). The van der Waals surface area contributed by atoms with E-state index >= 15 is 0 Å². The van der Waals surface area contributed by atoms with Gasteiger partial charge in [-0.1, -0.05) is 23.5 Å². The molecule has 1 aromatic heterocycles. The molecule has 0 N–H and O–H groups in total. The van der Waals surface area contributed by atoms with Gasteiger partial charge in [0.2, 0.25) is 0 Å². The van der Waals surface area contributed by atoms with Gasteiger partial charge in [-0.3, -0.25) is 0 Å². The lowest BCUT2D eigenvalue weighted by Crippen LogP contribution is -1.84. The molecule has 17 heavy (non-hydrogen) atoms. The fourth-order valence-corrected chi connectivity index (χ4v) is 2.98. The predicted molar refractivity (Wildman–Crippen MR) is 72.0 cm³/mol. The lowest BCUT2D eigenvalue weighted by Gasteiger charge is -1.99. The Labute approximate surface area is 116 Å². The first kappa shape index (κ1) is 12.9. The molecule has 90 valence electrons. The molecule has 0 aliphatic carbocycles. The zero-order valence-electron chi connectivity index (χ0n) is 8.79. The average Bonchev–Trinajstić information content (AvgIpc) is 2.78. The van der Waals surface area contributed by atoms with Gasteiger partial charge in [0.1, 0.15) is 15.8 Å². The Kier molecular flexibility index (Phi) is 4.48. The standard InChI is InChI=1S/C11H9BrClFN2S/c12-10-7(3-1-4-8(10)14)11-16-15-9(17-11)5-2-6-13/h1,3-4H,2,5-6H2. The van der Waals surface area contributed by atoms with E-state index in [-0.39, 0.29) is 5.82 Å². The molecule has 0 radical (unpaired) electrons. The molecule has 0 saturated heterocycles. The van der Waals surface area contributed by atoms with Crippen molar-refractivity contribution < 1.29 is 4.39 Å². The van der Waals surface area contributed by atoms with Crippen molar-refractivity contribution in [2.45, 2.75) is 12.8 Å². The average molecular weight is 336 g/mol. The highest BCUT2D eigenvalue weighted by atomic mass is 79.9. The zero-order chi connectivity index (χ0) is 12.3. The third-order valence-electron chi connectivity index (χ3n) is 2.17. The summed E-state index contributed by atoms with van der Waals surface area (Å²) in [5, 5.41) is 9.79. The van der Waals surface area contributed by atoms with Crippen molar-refractivity contribution in [1.29, 1.82) is 0 Å². The first-order chi connectivity index (χ1) is 8.22. The van der Waals surface area contributed by atoms with E-state index in [0.717, 1.165) is 28.4 Å². The number of hydrogen-bond acceptors (Lipinski definition) is 3. The Balaban J connectivity index is 2.27. The number of nitrogens with zero attached hydrogens (tertiary/aromatic N) is 2. The third kappa shape index (κ3) is 3.03. The SMILES string of the molecule is Fc1cccc(-c2nnc(CCCCl)s2)c1Br. The summed E-state index contributed by atoms with van der Waals surface area (Å²) in [4.78, 5) is 0. The first-order valence-corrected chi connectivity index (χ1v) is 7.19. The van der Waals surface area contributed by atoms with Crippen molar-refractivity contribution in [3.8, 4) is 10.6 Å². The quantitative estimate of drug-likeness (QED) is 0.779. The van der Waals surface area contributed by atoms with Crippen LogP contribution in [0, 0.1) is 5.82 Å². The van der Waals surface area contributed by atoms with Crippen LogP contribution in [0.15, 0.2) is 22.7 Å². The maximum absolute atomic E-state index is 13.4. The van der Waals surface area contributed by atoms with Gasteiger partial charge in [-0.25, -0.2) is 4.39 Å². The van der Waals surface area contributed by atoms with Crippen LogP contribution in [-0.4, -0.2) is 16.1 Å². The molecule has 0 spiro atoms. The molecule has 0 bridgehead atoms. The molecule has 0 saturated carbocycles. The third-order valence-corrected chi connectivity index (χ3v) is 4.26. The van der Waals surface area contributed by atoms with Crippen molar-refractivity contribution in [3.05, 3.63) is 33.5 Å². The maximum Gasteiger partial charge on any atom is 0.149 e. The van der Waals surface area contributed by atoms with Crippen LogP contribution in [0.2, 0.25) is 0 Å². The van der Waals surface area contributed by atoms with Gasteiger partial charge in [-0.05, 0) is 28.4 Å². The summed E-state index contributed by atoms with van der Waals surface area (Å²) >= 11 is 10.3. The number of hydrogen-bond donors (Lipinski definition) is 0. The van der Waals surface area contributed by atoms with E-state index in [4.69, 9.17) is 11.6 Å². The molecular weight excluding hydrogens is 327 g/mol. The fourth-order valence-electron chi connectivity index (χ4n) is 1.35. The second kappa shape index (κ2) is 5.89. The molecule has 1 aromatic carbocycles. The van der Waals surface area contributed by atoms with E-state index in [2.05, 4.69) is 26.1 Å². The maximum atomic E-state index is 13.4. The highest BCUT2D eigenvalue weighted by molar-refractivity contribution is 9.10. The van der Waals surface area contributed by atoms with Gasteiger partial charge in [-0.2, -0.15) is 0 Å². The summed E-state index contributed by atoms with van der Waals surface area (Å²) in [6, 6.07) is 4.89. The van der Waals surface area contributed by atoms with Crippen LogP contribution in [0.1, 0.15) is 11.4 Å². The first-order valence-electron chi connectivity index (χ1n) is 5.05. The topological polar surface area (TPSA) is 25.8 Å². The summed E-state index contributed by atoms with van der Waals surface area (Å²) in [7, 11) is 0. The van der Waals surface area contributed by atoms with Crippen molar-refractivity contribution >= 4 is 38.9 Å². The molecule has 0 amide bonds.